The average Bonchev–Trinajstić information content (AvgIpc) is 3.52. The number of fused-ring (bicyclic) bond motifs is 1. The number of piperidine rings is 1. The van der Waals surface area contributed by atoms with Gasteiger partial charge in [-0.25, -0.2) is 0 Å². The highest BCUT2D eigenvalue weighted by Gasteiger charge is 2.66. The molecule has 5 rings (SSSR count). The number of hydrogen-bond donors (Lipinski definition) is 2. The van der Waals surface area contributed by atoms with Gasteiger partial charge in [-0.3, -0.25) is 14.6 Å². The summed E-state index contributed by atoms with van der Waals surface area (Å²) in [6, 6.07) is 3.77. The van der Waals surface area contributed by atoms with E-state index in [9.17, 15) is 9.59 Å². The summed E-state index contributed by atoms with van der Waals surface area (Å²) in [7, 11) is 0. The third-order valence-electron chi connectivity index (χ3n) is 6.89. The van der Waals surface area contributed by atoms with E-state index in [4.69, 9.17) is 0 Å². The second kappa shape index (κ2) is 5.57. The summed E-state index contributed by atoms with van der Waals surface area (Å²) < 4.78 is 0. The molecular formula is C21H26N4O2. The Bertz CT molecular complexity index is 927. The lowest BCUT2D eigenvalue weighted by molar-refractivity contribution is -0.136. The van der Waals surface area contributed by atoms with Crippen molar-refractivity contribution in [3.05, 3.63) is 30.1 Å². The van der Waals surface area contributed by atoms with Crippen LogP contribution in [0.4, 0.5) is 0 Å². The fourth-order valence-corrected chi connectivity index (χ4v) is 4.74. The van der Waals surface area contributed by atoms with Gasteiger partial charge in [-0.15, -0.1) is 0 Å². The van der Waals surface area contributed by atoms with Crippen molar-refractivity contribution in [2.75, 3.05) is 13.1 Å². The number of carbonyl (C=O) groups excluding carboxylic acids is 2. The summed E-state index contributed by atoms with van der Waals surface area (Å²) in [5.74, 6) is 0.515. The van der Waals surface area contributed by atoms with Gasteiger partial charge in [0.15, 0.2) is 0 Å². The Labute approximate surface area is 158 Å². The van der Waals surface area contributed by atoms with Crippen LogP contribution in [0.2, 0.25) is 0 Å². The van der Waals surface area contributed by atoms with Crippen molar-refractivity contribution < 1.29 is 9.59 Å². The van der Waals surface area contributed by atoms with Crippen LogP contribution in [-0.4, -0.2) is 45.8 Å². The summed E-state index contributed by atoms with van der Waals surface area (Å²) in [5.41, 5.74) is 2.52. The van der Waals surface area contributed by atoms with Gasteiger partial charge in [0.05, 0.1) is 16.6 Å². The lowest BCUT2D eigenvalue weighted by atomic mass is 9.78. The Morgan fingerprint density at radius 1 is 1.33 bits per heavy atom. The van der Waals surface area contributed by atoms with Crippen molar-refractivity contribution in [3.8, 4) is 0 Å². The Kier molecular flexibility index (Phi) is 3.46. The second-order valence-electron chi connectivity index (χ2n) is 9.32. The summed E-state index contributed by atoms with van der Waals surface area (Å²) in [6.07, 6.45) is 7.80. The molecule has 2 unspecified atom stereocenters. The predicted octanol–water partition coefficient (Wildman–Crippen LogP) is 2.72. The fourth-order valence-electron chi connectivity index (χ4n) is 4.74. The van der Waals surface area contributed by atoms with Crippen LogP contribution in [-0.2, 0) is 4.79 Å². The molecular weight excluding hydrogens is 340 g/mol. The second-order valence-corrected chi connectivity index (χ2v) is 9.32. The first kappa shape index (κ1) is 16.8. The lowest BCUT2D eigenvalue weighted by Gasteiger charge is -2.44. The first-order chi connectivity index (χ1) is 12.9. The van der Waals surface area contributed by atoms with E-state index >= 15 is 0 Å². The Morgan fingerprint density at radius 2 is 2.15 bits per heavy atom. The van der Waals surface area contributed by atoms with Gasteiger partial charge in [0.1, 0.15) is 0 Å². The maximum Gasteiger partial charge on any atom is 0.253 e. The van der Waals surface area contributed by atoms with Crippen molar-refractivity contribution in [2.45, 2.75) is 45.6 Å². The number of nitrogens with zero attached hydrogens (tertiary/aromatic N) is 2. The van der Waals surface area contributed by atoms with Crippen LogP contribution in [0.3, 0.4) is 0 Å². The SMILES string of the molecule is CC1(C)CN(C(=O)C2CC23CC3)CCC1NC(=O)c1cnc2cc[nH]c2c1. The van der Waals surface area contributed by atoms with Crippen molar-refractivity contribution in [1.82, 2.24) is 20.2 Å². The van der Waals surface area contributed by atoms with Crippen LogP contribution in [0, 0.1) is 16.7 Å². The molecule has 2 aromatic rings. The molecule has 6 nitrogen and oxygen atoms in total. The number of H-pyrrole nitrogens is 1. The van der Waals surface area contributed by atoms with Crippen LogP contribution in [0.15, 0.2) is 24.5 Å². The molecule has 2 aromatic heterocycles. The summed E-state index contributed by atoms with van der Waals surface area (Å²) in [6.45, 7) is 5.72. The Morgan fingerprint density at radius 3 is 2.85 bits per heavy atom. The number of amides is 2. The van der Waals surface area contributed by atoms with Crippen LogP contribution < -0.4 is 5.32 Å². The van der Waals surface area contributed by atoms with Gasteiger partial charge in [-0.2, -0.15) is 0 Å². The molecule has 3 fully saturated rings. The van der Waals surface area contributed by atoms with E-state index < -0.39 is 0 Å². The molecule has 0 bridgehead atoms. The molecule has 1 saturated heterocycles. The van der Waals surface area contributed by atoms with Crippen LogP contribution in [0.25, 0.3) is 11.0 Å². The first-order valence-electron chi connectivity index (χ1n) is 9.91. The van der Waals surface area contributed by atoms with E-state index in [0.717, 1.165) is 30.4 Å². The van der Waals surface area contributed by atoms with E-state index in [0.29, 0.717) is 23.4 Å². The summed E-state index contributed by atoms with van der Waals surface area (Å²) in [5, 5.41) is 3.18. The monoisotopic (exact) mass is 366 g/mol. The molecule has 2 atom stereocenters. The smallest absolute Gasteiger partial charge is 0.253 e. The normalized spacial score (nSPS) is 27.6. The number of aromatic amines is 1. The zero-order valence-corrected chi connectivity index (χ0v) is 15.9. The molecule has 0 radical (unpaired) electrons. The predicted molar refractivity (Wildman–Crippen MR) is 102 cm³/mol. The molecule has 0 aromatic carbocycles. The quantitative estimate of drug-likeness (QED) is 0.877. The van der Waals surface area contributed by atoms with Crippen LogP contribution in [0.5, 0.6) is 0 Å². The van der Waals surface area contributed by atoms with Crippen molar-refractivity contribution >= 4 is 22.8 Å². The molecule has 3 aliphatic rings. The summed E-state index contributed by atoms with van der Waals surface area (Å²) in [4.78, 5) is 35.0. The molecule has 1 spiro atoms. The molecule has 142 valence electrons. The number of likely N-dealkylation sites (tertiary alicyclic amines) is 1. The van der Waals surface area contributed by atoms with Crippen LogP contribution >= 0.6 is 0 Å². The van der Waals surface area contributed by atoms with E-state index in [1.165, 1.54) is 12.8 Å². The lowest BCUT2D eigenvalue weighted by Crippen LogP contribution is -2.57. The standard InChI is InChI=1S/C21H26N4O2/c1-20(2)12-25(19(27)14-10-21(14)5-6-21)8-4-17(20)24-18(26)13-9-16-15(23-11-13)3-7-22-16/h3,7,9,11,14,17,22H,4-6,8,10,12H2,1-2H3,(H,24,26). The van der Waals surface area contributed by atoms with E-state index in [1.54, 1.807) is 6.20 Å². The topological polar surface area (TPSA) is 78.1 Å². The van der Waals surface area contributed by atoms with E-state index in [2.05, 4.69) is 29.1 Å². The van der Waals surface area contributed by atoms with Crippen molar-refractivity contribution in [1.29, 1.82) is 0 Å². The number of hydrogen-bond acceptors (Lipinski definition) is 3. The Hall–Kier alpha value is -2.37. The van der Waals surface area contributed by atoms with E-state index in [1.807, 2.05) is 23.2 Å². The number of carbonyl (C=O) groups is 2. The molecule has 2 amide bonds. The fraction of sp³-hybridized carbons (Fsp3) is 0.571. The molecule has 2 N–H and O–H groups in total. The van der Waals surface area contributed by atoms with Crippen LogP contribution in [0.1, 0.15) is 49.9 Å². The largest absolute Gasteiger partial charge is 0.360 e. The highest BCUT2D eigenvalue weighted by atomic mass is 16.2. The number of nitrogens with one attached hydrogen (secondary N) is 2. The first-order valence-corrected chi connectivity index (χ1v) is 9.91. The van der Waals surface area contributed by atoms with Gasteiger partial charge in [0, 0.05) is 42.9 Å². The maximum atomic E-state index is 12.8. The van der Waals surface area contributed by atoms with Crippen molar-refractivity contribution in [3.63, 3.8) is 0 Å². The van der Waals surface area contributed by atoms with Gasteiger partial charge < -0.3 is 15.2 Å². The zero-order valence-electron chi connectivity index (χ0n) is 15.9. The number of aromatic nitrogens is 2. The van der Waals surface area contributed by atoms with Gasteiger partial charge in [-0.05, 0) is 43.2 Å². The highest BCUT2D eigenvalue weighted by molar-refractivity contribution is 5.97. The molecule has 2 aliphatic carbocycles. The average molecular weight is 366 g/mol. The minimum absolute atomic E-state index is 0.0440. The molecule has 2 saturated carbocycles. The highest BCUT2D eigenvalue weighted by Crippen LogP contribution is 2.71. The zero-order chi connectivity index (χ0) is 18.8. The Balaban J connectivity index is 1.25. The molecule has 27 heavy (non-hydrogen) atoms. The minimum atomic E-state index is -0.154. The number of pyridine rings is 1. The summed E-state index contributed by atoms with van der Waals surface area (Å²) >= 11 is 0. The molecule has 3 heterocycles. The van der Waals surface area contributed by atoms with E-state index in [-0.39, 0.29) is 23.3 Å². The maximum absolute atomic E-state index is 12.8. The minimum Gasteiger partial charge on any atom is -0.360 e. The third-order valence-corrected chi connectivity index (χ3v) is 6.89. The van der Waals surface area contributed by atoms with Gasteiger partial charge in [-0.1, -0.05) is 13.8 Å². The van der Waals surface area contributed by atoms with Gasteiger partial charge in [0.25, 0.3) is 5.91 Å². The third kappa shape index (κ3) is 2.82. The van der Waals surface area contributed by atoms with Crippen molar-refractivity contribution in [2.24, 2.45) is 16.7 Å². The van der Waals surface area contributed by atoms with Gasteiger partial charge >= 0.3 is 0 Å². The molecule has 6 heteroatoms. The molecule has 1 aliphatic heterocycles. The number of rotatable bonds is 3. The van der Waals surface area contributed by atoms with Gasteiger partial charge in [0.2, 0.25) is 5.91 Å².